The number of carbonyl (C=O) groups excluding carboxylic acids is 1. The molecule has 12 heteroatoms. The van der Waals surface area contributed by atoms with Crippen molar-refractivity contribution in [2.45, 2.75) is 36.4 Å². The molecule has 158 valence electrons. The molecule has 2 aromatic rings. The van der Waals surface area contributed by atoms with E-state index in [1.807, 2.05) is 20.8 Å². The summed E-state index contributed by atoms with van der Waals surface area (Å²) >= 11 is 1.26. The maximum atomic E-state index is 13.1. The molecule has 0 spiro atoms. The van der Waals surface area contributed by atoms with Gasteiger partial charge in [0.2, 0.25) is 21.1 Å². The number of sulfonamides is 1. The summed E-state index contributed by atoms with van der Waals surface area (Å²) in [5.41, 5.74) is -0.296. The molecule has 1 aliphatic rings. The van der Waals surface area contributed by atoms with Gasteiger partial charge in [-0.2, -0.15) is 4.31 Å². The topological polar surface area (TPSA) is 101 Å². The van der Waals surface area contributed by atoms with Crippen LogP contribution in [0.5, 0.6) is 0 Å². The molecule has 1 saturated heterocycles. The van der Waals surface area contributed by atoms with Crippen LogP contribution in [0, 0.1) is 5.82 Å². The minimum absolute atomic E-state index is 0.0447. The molecule has 0 bridgehead atoms. The van der Waals surface area contributed by atoms with E-state index in [1.54, 1.807) is 9.58 Å². The summed E-state index contributed by atoms with van der Waals surface area (Å²) in [5, 5.41) is 12.2. The summed E-state index contributed by atoms with van der Waals surface area (Å²) in [7, 11) is -3.70. The SMILES string of the molecule is CC(C)(C)n1nnnc1SCC(=O)N1CCN(S(=O)(=O)c2ccc(F)cc2)CC1. The van der Waals surface area contributed by atoms with E-state index in [0.29, 0.717) is 18.2 Å². The summed E-state index contributed by atoms with van der Waals surface area (Å²) in [6, 6.07) is 4.74. The van der Waals surface area contributed by atoms with E-state index in [2.05, 4.69) is 15.5 Å². The number of piperazine rings is 1. The van der Waals surface area contributed by atoms with Crippen LogP contribution in [0.1, 0.15) is 20.8 Å². The van der Waals surface area contributed by atoms with Crippen molar-refractivity contribution >= 4 is 27.7 Å². The largest absolute Gasteiger partial charge is 0.339 e. The number of halogens is 1. The molecule has 0 unspecified atom stereocenters. The van der Waals surface area contributed by atoms with Crippen molar-refractivity contribution in [2.24, 2.45) is 0 Å². The van der Waals surface area contributed by atoms with Crippen LogP contribution >= 0.6 is 11.8 Å². The summed E-state index contributed by atoms with van der Waals surface area (Å²) in [4.78, 5) is 14.2. The predicted octanol–water partition coefficient (Wildman–Crippen LogP) is 1.19. The van der Waals surface area contributed by atoms with Gasteiger partial charge in [-0.05, 0) is 55.5 Å². The van der Waals surface area contributed by atoms with Gasteiger partial charge in [0, 0.05) is 26.2 Å². The molecule has 1 aliphatic heterocycles. The van der Waals surface area contributed by atoms with Crippen molar-refractivity contribution < 1.29 is 17.6 Å². The van der Waals surface area contributed by atoms with Gasteiger partial charge in [-0.15, -0.1) is 5.10 Å². The fourth-order valence-corrected chi connectivity index (χ4v) is 5.23. The fraction of sp³-hybridized carbons (Fsp3) is 0.529. The number of rotatable bonds is 5. The quantitative estimate of drug-likeness (QED) is 0.641. The molecular weight excluding hydrogens is 419 g/mol. The highest BCUT2D eigenvalue weighted by atomic mass is 32.2. The number of amides is 1. The van der Waals surface area contributed by atoms with Crippen LogP contribution in [0.2, 0.25) is 0 Å². The first-order valence-electron chi connectivity index (χ1n) is 9.04. The van der Waals surface area contributed by atoms with Crippen molar-refractivity contribution in [1.82, 2.24) is 29.4 Å². The Bertz CT molecular complexity index is 964. The van der Waals surface area contributed by atoms with Gasteiger partial charge in [-0.1, -0.05) is 11.8 Å². The van der Waals surface area contributed by atoms with Crippen LogP contribution in [0.25, 0.3) is 0 Å². The number of thioether (sulfide) groups is 1. The number of hydrogen-bond donors (Lipinski definition) is 0. The summed E-state index contributed by atoms with van der Waals surface area (Å²) in [5.74, 6) is -0.423. The number of nitrogens with zero attached hydrogens (tertiary/aromatic N) is 6. The molecule has 0 atom stereocenters. The van der Waals surface area contributed by atoms with Gasteiger partial charge in [0.1, 0.15) is 5.82 Å². The van der Waals surface area contributed by atoms with E-state index < -0.39 is 15.8 Å². The highest BCUT2D eigenvalue weighted by molar-refractivity contribution is 7.99. The zero-order chi connectivity index (χ0) is 21.2. The van der Waals surface area contributed by atoms with Gasteiger partial charge >= 0.3 is 0 Å². The number of tetrazole rings is 1. The first-order chi connectivity index (χ1) is 13.6. The van der Waals surface area contributed by atoms with Crippen molar-refractivity contribution in [3.8, 4) is 0 Å². The summed E-state index contributed by atoms with van der Waals surface area (Å²) in [6.45, 7) is 6.88. The molecule has 1 aromatic heterocycles. The maximum Gasteiger partial charge on any atom is 0.243 e. The average molecular weight is 443 g/mol. The van der Waals surface area contributed by atoms with Crippen LogP contribution < -0.4 is 0 Å². The molecule has 2 heterocycles. The molecule has 0 radical (unpaired) electrons. The minimum Gasteiger partial charge on any atom is -0.339 e. The van der Waals surface area contributed by atoms with Crippen LogP contribution in [0.4, 0.5) is 4.39 Å². The second-order valence-corrected chi connectivity index (χ2v) is 10.5. The average Bonchev–Trinajstić information content (AvgIpc) is 3.16. The molecule has 9 nitrogen and oxygen atoms in total. The van der Waals surface area contributed by atoms with E-state index >= 15 is 0 Å². The van der Waals surface area contributed by atoms with Gasteiger partial charge in [0.25, 0.3) is 0 Å². The summed E-state index contributed by atoms with van der Waals surface area (Å²) < 4.78 is 41.4. The normalized spacial score (nSPS) is 16.2. The van der Waals surface area contributed by atoms with Crippen molar-refractivity contribution in [3.05, 3.63) is 30.1 Å². The van der Waals surface area contributed by atoms with E-state index in [-0.39, 0.29) is 35.2 Å². The third-order valence-electron chi connectivity index (χ3n) is 4.44. The Morgan fingerprint density at radius 3 is 2.34 bits per heavy atom. The Morgan fingerprint density at radius 2 is 1.76 bits per heavy atom. The molecule has 3 rings (SSSR count). The zero-order valence-corrected chi connectivity index (χ0v) is 18.1. The Morgan fingerprint density at radius 1 is 1.14 bits per heavy atom. The maximum absolute atomic E-state index is 13.1. The smallest absolute Gasteiger partial charge is 0.243 e. The van der Waals surface area contributed by atoms with Crippen LogP contribution in [0.15, 0.2) is 34.3 Å². The second-order valence-electron chi connectivity index (χ2n) is 7.57. The number of carbonyl (C=O) groups is 1. The Kier molecular flexibility index (Phi) is 6.24. The Labute approximate surface area is 173 Å². The molecule has 1 fully saturated rings. The van der Waals surface area contributed by atoms with Gasteiger partial charge < -0.3 is 4.90 Å². The summed E-state index contributed by atoms with van der Waals surface area (Å²) in [6.07, 6.45) is 0. The zero-order valence-electron chi connectivity index (χ0n) is 16.4. The first-order valence-corrected chi connectivity index (χ1v) is 11.5. The predicted molar refractivity (Wildman–Crippen MR) is 105 cm³/mol. The van der Waals surface area contributed by atoms with Gasteiger partial charge in [0.15, 0.2) is 0 Å². The number of benzene rings is 1. The molecular formula is C17H23FN6O3S2. The van der Waals surface area contributed by atoms with Crippen molar-refractivity contribution in [3.63, 3.8) is 0 Å². The molecule has 0 N–H and O–H groups in total. The monoisotopic (exact) mass is 442 g/mol. The van der Waals surface area contributed by atoms with Crippen LogP contribution in [-0.4, -0.2) is 75.7 Å². The number of hydrogen-bond acceptors (Lipinski definition) is 7. The lowest BCUT2D eigenvalue weighted by Gasteiger charge is -2.34. The third-order valence-corrected chi connectivity index (χ3v) is 7.26. The third kappa shape index (κ3) is 4.93. The Balaban J connectivity index is 1.56. The lowest BCUT2D eigenvalue weighted by atomic mass is 10.1. The minimum atomic E-state index is -3.70. The molecule has 1 amide bonds. The van der Waals surface area contributed by atoms with Crippen LogP contribution in [-0.2, 0) is 20.4 Å². The molecule has 29 heavy (non-hydrogen) atoms. The highest BCUT2D eigenvalue weighted by Gasteiger charge is 2.30. The van der Waals surface area contributed by atoms with E-state index in [1.165, 1.54) is 28.2 Å². The van der Waals surface area contributed by atoms with Crippen LogP contribution in [0.3, 0.4) is 0 Å². The first kappa shape index (κ1) is 21.7. The van der Waals surface area contributed by atoms with Gasteiger partial charge in [0.05, 0.1) is 16.2 Å². The lowest BCUT2D eigenvalue weighted by Crippen LogP contribution is -2.51. The number of aromatic nitrogens is 4. The molecule has 0 saturated carbocycles. The fourth-order valence-electron chi connectivity index (χ4n) is 2.84. The molecule has 1 aromatic carbocycles. The Hall–Kier alpha value is -2.05. The van der Waals surface area contributed by atoms with Gasteiger partial charge in [-0.25, -0.2) is 17.5 Å². The van der Waals surface area contributed by atoms with Crippen molar-refractivity contribution in [2.75, 3.05) is 31.9 Å². The lowest BCUT2D eigenvalue weighted by molar-refractivity contribution is -0.129. The second kappa shape index (κ2) is 8.36. The van der Waals surface area contributed by atoms with E-state index in [9.17, 15) is 17.6 Å². The van der Waals surface area contributed by atoms with E-state index in [4.69, 9.17) is 0 Å². The van der Waals surface area contributed by atoms with Crippen molar-refractivity contribution in [1.29, 1.82) is 0 Å². The standard InChI is InChI=1S/C17H23FN6O3S2/c1-17(2,3)24-16(19-20-21-24)28-12-15(25)22-8-10-23(11-9-22)29(26,27)14-6-4-13(18)5-7-14/h4-7H,8-12H2,1-3H3. The molecule has 0 aliphatic carbocycles. The van der Waals surface area contributed by atoms with E-state index in [0.717, 1.165) is 12.1 Å². The highest BCUT2D eigenvalue weighted by Crippen LogP contribution is 2.22. The van der Waals surface area contributed by atoms with Gasteiger partial charge in [-0.3, -0.25) is 4.79 Å².